The van der Waals surface area contributed by atoms with Gasteiger partial charge < -0.3 is 0 Å². The third kappa shape index (κ3) is 2.70. The van der Waals surface area contributed by atoms with Gasteiger partial charge in [-0.15, -0.1) is 0 Å². The standard InChI is InChI=1S/C13H7BrClF3/c14-13(9-3-1-8(17)6-11(9)15)10-5-7(16)2-4-12(10)18/h1-6,13H. The SMILES string of the molecule is Fc1ccc(C(Br)c2cc(F)ccc2F)c(Cl)c1. The summed E-state index contributed by atoms with van der Waals surface area (Å²) in [4.78, 5) is -0.638. The van der Waals surface area contributed by atoms with Crippen molar-refractivity contribution >= 4 is 27.5 Å². The van der Waals surface area contributed by atoms with Crippen LogP contribution in [0.15, 0.2) is 36.4 Å². The van der Waals surface area contributed by atoms with Crippen LogP contribution in [0.2, 0.25) is 5.02 Å². The molecule has 0 fully saturated rings. The van der Waals surface area contributed by atoms with Crippen LogP contribution in [0.3, 0.4) is 0 Å². The second-order valence-corrected chi connectivity index (χ2v) is 5.02. The molecule has 0 heterocycles. The topological polar surface area (TPSA) is 0 Å². The van der Waals surface area contributed by atoms with E-state index in [9.17, 15) is 13.2 Å². The smallest absolute Gasteiger partial charge is 0.128 e. The minimum atomic E-state index is -0.638. The lowest BCUT2D eigenvalue weighted by molar-refractivity contribution is 0.588. The van der Waals surface area contributed by atoms with Gasteiger partial charge in [0.05, 0.1) is 4.83 Å². The summed E-state index contributed by atoms with van der Waals surface area (Å²) in [6, 6.07) is 6.92. The van der Waals surface area contributed by atoms with Crippen LogP contribution in [-0.2, 0) is 0 Å². The highest BCUT2D eigenvalue weighted by Crippen LogP contribution is 2.36. The molecule has 5 heteroatoms. The van der Waals surface area contributed by atoms with Crippen molar-refractivity contribution in [2.24, 2.45) is 0 Å². The second-order valence-electron chi connectivity index (χ2n) is 3.69. The van der Waals surface area contributed by atoms with Crippen molar-refractivity contribution in [1.82, 2.24) is 0 Å². The van der Waals surface area contributed by atoms with E-state index in [-0.39, 0.29) is 10.6 Å². The zero-order chi connectivity index (χ0) is 13.3. The number of alkyl halides is 1. The van der Waals surface area contributed by atoms with Crippen LogP contribution in [0.25, 0.3) is 0 Å². The van der Waals surface area contributed by atoms with Gasteiger partial charge in [0.25, 0.3) is 0 Å². The molecule has 0 saturated heterocycles. The van der Waals surface area contributed by atoms with Gasteiger partial charge in [-0.2, -0.15) is 0 Å². The Bertz CT molecular complexity index is 586. The summed E-state index contributed by atoms with van der Waals surface area (Å²) in [5, 5.41) is 0.153. The maximum Gasteiger partial charge on any atom is 0.128 e. The highest BCUT2D eigenvalue weighted by atomic mass is 79.9. The quantitative estimate of drug-likeness (QED) is 0.658. The van der Waals surface area contributed by atoms with E-state index in [1.54, 1.807) is 0 Å². The van der Waals surface area contributed by atoms with Gasteiger partial charge in [0, 0.05) is 10.6 Å². The molecule has 0 saturated carbocycles. The molecule has 0 N–H and O–H groups in total. The number of benzene rings is 2. The molecule has 2 rings (SSSR count). The first kappa shape index (κ1) is 13.4. The molecule has 0 amide bonds. The molecule has 18 heavy (non-hydrogen) atoms. The Morgan fingerprint density at radius 3 is 2.17 bits per heavy atom. The summed E-state index contributed by atoms with van der Waals surface area (Å²) in [6.45, 7) is 0. The number of hydrogen-bond acceptors (Lipinski definition) is 0. The van der Waals surface area contributed by atoms with Crippen LogP contribution in [0.1, 0.15) is 16.0 Å². The van der Waals surface area contributed by atoms with E-state index in [2.05, 4.69) is 15.9 Å². The van der Waals surface area contributed by atoms with Crippen molar-refractivity contribution < 1.29 is 13.2 Å². The average molecular weight is 336 g/mol. The van der Waals surface area contributed by atoms with Crippen LogP contribution in [0.5, 0.6) is 0 Å². The van der Waals surface area contributed by atoms with E-state index in [1.165, 1.54) is 12.1 Å². The Morgan fingerprint density at radius 2 is 1.50 bits per heavy atom. The Morgan fingerprint density at radius 1 is 0.889 bits per heavy atom. The van der Waals surface area contributed by atoms with Gasteiger partial charge in [0.1, 0.15) is 17.5 Å². The molecule has 0 radical (unpaired) electrons. The highest BCUT2D eigenvalue weighted by molar-refractivity contribution is 9.09. The average Bonchev–Trinajstić information content (AvgIpc) is 2.31. The van der Waals surface area contributed by atoms with E-state index in [0.29, 0.717) is 5.56 Å². The summed E-state index contributed by atoms with van der Waals surface area (Å²) in [7, 11) is 0. The fourth-order valence-electron chi connectivity index (χ4n) is 1.58. The van der Waals surface area contributed by atoms with E-state index in [0.717, 1.165) is 24.3 Å². The van der Waals surface area contributed by atoms with Crippen LogP contribution in [-0.4, -0.2) is 0 Å². The predicted octanol–water partition coefficient (Wildman–Crippen LogP) is 5.24. The van der Waals surface area contributed by atoms with E-state index in [1.807, 2.05) is 0 Å². The molecular weight excluding hydrogens is 328 g/mol. The van der Waals surface area contributed by atoms with Gasteiger partial charge in [-0.3, -0.25) is 0 Å². The summed E-state index contributed by atoms with van der Waals surface area (Å²) in [5.74, 6) is -1.59. The highest BCUT2D eigenvalue weighted by Gasteiger charge is 2.18. The molecule has 0 bridgehead atoms. The third-order valence-electron chi connectivity index (χ3n) is 2.47. The van der Waals surface area contributed by atoms with Crippen molar-refractivity contribution in [3.63, 3.8) is 0 Å². The fourth-order valence-corrected chi connectivity index (χ4v) is 2.74. The number of halogens is 5. The lowest BCUT2D eigenvalue weighted by Crippen LogP contribution is -1.98. The van der Waals surface area contributed by atoms with E-state index in [4.69, 9.17) is 11.6 Å². The lowest BCUT2D eigenvalue weighted by atomic mass is 10.0. The third-order valence-corrected chi connectivity index (χ3v) is 3.78. The van der Waals surface area contributed by atoms with Gasteiger partial charge in [0.15, 0.2) is 0 Å². The molecular formula is C13H7BrClF3. The molecule has 1 unspecified atom stereocenters. The van der Waals surface area contributed by atoms with Crippen molar-refractivity contribution in [3.05, 3.63) is 70.0 Å². The first-order valence-corrected chi connectivity index (χ1v) is 6.32. The van der Waals surface area contributed by atoms with Gasteiger partial charge in [0.2, 0.25) is 0 Å². The molecule has 0 spiro atoms. The molecule has 0 nitrogen and oxygen atoms in total. The summed E-state index contributed by atoms with van der Waals surface area (Å²) >= 11 is 9.12. The van der Waals surface area contributed by atoms with Crippen molar-refractivity contribution in [3.8, 4) is 0 Å². The Kier molecular flexibility index (Phi) is 3.97. The summed E-state index contributed by atoms with van der Waals surface area (Å²) in [6.07, 6.45) is 0. The Balaban J connectivity index is 2.47. The largest absolute Gasteiger partial charge is 0.207 e. The van der Waals surface area contributed by atoms with Gasteiger partial charge >= 0.3 is 0 Å². The first-order valence-electron chi connectivity index (χ1n) is 5.03. The van der Waals surface area contributed by atoms with Crippen molar-refractivity contribution in [2.45, 2.75) is 4.83 Å². The van der Waals surface area contributed by atoms with E-state index >= 15 is 0 Å². The summed E-state index contributed by atoms with van der Waals surface area (Å²) in [5.41, 5.74) is 0.589. The maximum absolute atomic E-state index is 13.6. The number of hydrogen-bond donors (Lipinski definition) is 0. The van der Waals surface area contributed by atoms with Crippen LogP contribution in [0, 0.1) is 17.5 Å². The Hall–Kier alpha value is -1.00. The summed E-state index contributed by atoms with van der Waals surface area (Å²) < 4.78 is 39.6. The van der Waals surface area contributed by atoms with Gasteiger partial charge in [-0.25, -0.2) is 13.2 Å². The van der Waals surface area contributed by atoms with Crippen LogP contribution in [0.4, 0.5) is 13.2 Å². The van der Waals surface area contributed by atoms with Crippen molar-refractivity contribution in [2.75, 3.05) is 0 Å². The predicted molar refractivity (Wildman–Crippen MR) is 68.5 cm³/mol. The minimum absolute atomic E-state index is 0.114. The van der Waals surface area contributed by atoms with Gasteiger partial charge in [-0.05, 0) is 35.9 Å². The first-order chi connectivity index (χ1) is 8.49. The van der Waals surface area contributed by atoms with Crippen LogP contribution < -0.4 is 0 Å². The molecule has 0 aromatic heterocycles. The lowest BCUT2D eigenvalue weighted by Gasteiger charge is -2.13. The fraction of sp³-hybridized carbons (Fsp3) is 0.0769. The zero-order valence-electron chi connectivity index (χ0n) is 8.93. The van der Waals surface area contributed by atoms with E-state index < -0.39 is 22.3 Å². The molecule has 0 aliphatic rings. The van der Waals surface area contributed by atoms with Gasteiger partial charge in [-0.1, -0.05) is 33.6 Å². The molecule has 94 valence electrons. The minimum Gasteiger partial charge on any atom is -0.207 e. The molecule has 2 aromatic carbocycles. The second kappa shape index (κ2) is 5.33. The van der Waals surface area contributed by atoms with Crippen molar-refractivity contribution in [1.29, 1.82) is 0 Å². The Labute approximate surface area is 116 Å². The normalized spacial score (nSPS) is 12.5. The maximum atomic E-state index is 13.6. The molecule has 1 atom stereocenters. The zero-order valence-corrected chi connectivity index (χ0v) is 11.3. The number of rotatable bonds is 2. The molecule has 2 aromatic rings. The monoisotopic (exact) mass is 334 g/mol. The molecule has 0 aliphatic carbocycles. The van der Waals surface area contributed by atoms with Crippen LogP contribution >= 0.6 is 27.5 Å². The molecule has 0 aliphatic heterocycles.